The molecule has 0 N–H and O–H groups in total. The van der Waals surface area contributed by atoms with Crippen molar-refractivity contribution in [2.75, 3.05) is 36.5 Å². The minimum atomic E-state index is -0.671. The predicted molar refractivity (Wildman–Crippen MR) is 92.8 cm³/mol. The highest BCUT2D eigenvalue weighted by molar-refractivity contribution is 6.11. The van der Waals surface area contributed by atoms with Crippen LogP contribution in [-0.4, -0.2) is 61.8 Å². The number of hydrogen-bond acceptors (Lipinski definition) is 5. The lowest BCUT2D eigenvalue weighted by atomic mass is 9.91. The van der Waals surface area contributed by atoms with Crippen LogP contribution in [0.2, 0.25) is 0 Å². The molecule has 0 aromatic heterocycles. The summed E-state index contributed by atoms with van der Waals surface area (Å²) in [6.07, 6.45) is 3.93. The fourth-order valence-corrected chi connectivity index (χ4v) is 4.80. The van der Waals surface area contributed by atoms with Gasteiger partial charge in [0.25, 0.3) is 0 Å². The second kappa shape index (κ2) is 5.27. The lowest BCUT2D eigenvalue weighted by Crippen LogP contribution is -2.45. The molecule has 5 nitrogen and oxygen atoms in total. The Bertz CT molecular complexity index is 761. The van der Waals surface area contributed by atoms with E-state index in [0.717, 1.165) is 38.0 Å². The average molecular weight is 343 g/mol. The Kier molecular flexibility index (Phi) is 3.23. The number of nitrogens with zero attached hydrogens (tertiary/aromatic N) is 3. The SMILES string of the molecule is CN1C[C@@H]2C[C@H]1CN2c1cc2c(cc1F)C(=O)C(C=O)CN2C1CC1. The first kappa shape index (κ1) is 15.3. The minimum absolute atomic E-state index is 0.241. The maximum atomic E-state index is 14.9. The highest BCUT2D eigenvalue weighted by Gasteiger charge is 2.44. The monoisotopic (exact) mass is 343 g/mol. The van der Waals surface area contributed by atoms with Gasteiger partial charge in [-0.3, -0.25) is 9.69 Å². The van der Waals surface area contributed by atoms with Gasteiger partial charge in [0.05, 0.1) is 17.3 Å². The van der Waals surface area contributed by atoms with Crippen LogP contribution in [0.1, 0.15) is 29.6 Å². The molecule has 4 aliphatic rings. The van der Waals surface area contributed by atoms with E-state index in [9.17, 15) is 14.0 Å². The first-order valence-corrected chi connectivity index (χ1v) is 9.13. The molecule has 6 heteroatoms. The average Bonchev–Trinajstić information content (AvgIpc) is 3.27. The van der Waals surface area contributed by atoms with E-state index in [1.54, 1.807) is 0 Å². The van der Waals surface area contributed by atoms with Crippen molar-refractivity contribution in [2.24, 2.45) is 5.92 Å². The topological polar surface area (TPSA) is 43.9 Å². The number of carbonyl (C=O) groups is 2. The zero-order valence-electron chi connectivity index (χ0n) is 14.3. The van der Waals surface area contributed by atoms with Crippen molar-refractivity contribution in [2.45, 2.75) is 37.4 Å². The lowest BCUT2D eigenvalue weighted by molar-refractivity contribution is -0.109. The molecule has 2 saturated heterocycles. The van der Waals surface area contributed by atoms with E-state index in [0.29, 0.717) is 42.2 Å². The van der Waals surface area contributed by atoms with E-state index in [1.807, 2.05) is 6.07 Å². The molecule has 3 fully saturated rings. The summed E-state index contributed by atoms with van der Waals surface area (Å²) in [5.74, 6) is -1.26. The number of likely N-dealkylation sites (N-methyl/N-ethyl adjacent to an activating group) is 1. The Morgan fingerprint density at radius 1 is 1.04 bits per heavy atom. The number of fused-ring (bicyclic) bond motifs is 3. The van der Waals surface area contributed by atoms with Crippen LogP contribution < -0.4 is 9.80 Å². The summed E-state index contributed by atoms with van der Waals surface area (Å²) < 4.78 is 14.9. The number of benzene rings is 1. The van der Waals surface area contributed by atoms with Gasteiger partial charge >= 0.3 is 0 Å². The quantitative estimate of drug-likeness (QED) is 0.617. The number of anilines is 2. The van der Waals surface area contributed by atoms with E-state index >= 15 is 0 Å². The van der Waals surface area contributed by atoms with Gasteiger partial charge in [-0.2, -0.15) is 0 Å². The molecule has 5 rings (SSSR count). The van der Waals surface area contributed by atoms with Crippen LogP contribution in [0.25, 0.3) is 0 Å². The van der Waals surface area contributed by atoms with Gasteiger partial charge in [-0.25, -0.2) is 4.39 Å². The fraction of sp³-hybridized carbons (Fsp3) is 0.579. The number of likely N-dealkylation sites (tertiary alicyclic amines) is 1. The summed E-state index contributed by atoms with van der Waals surface area (Å²) >= 11 is 0. The molecule has 1 saturated carbocycles. The van der Waals surface area contributed by atoms with E-state index in [1.165, 1.54) is 6.07 Å². The van der Waals surface area contributed by atoms with Gasteiger partial charge in [0.1, 0.15) is 12.1 Å². The molecule has 25 heavy (non-hydrogen) atoms. The molecule has 3 atom stereocenters. The van der Waals surface area contributed by atoms with Crippen LogP contribution in [0, 0.1) is 11.7 Å². The first-order chi connectivity index (χ1) is 12.1. The van der Waals surface area contributed by atoms with Crippen LogP contribution in [0.5, 0.6) is 0 Å². The summed E-state index contributed by atoms with van der Waals surface area (Å²) in [5.41, 5.74) is 1.80. The van der Waals surface area contributed by atoms with Crippen molar-refractivity contribution in [3.63, 3.8) is 0 Å². The van der Waals surface area contributed by atoms with Gasteiger partial charge in [-0.05, 0) is 38.4 Å². The number of ketones is 1. The third kappa shape index (κ3) is 2.23. The third-order valence-electron chi connectivity index (χ3n) is 6.35. The Balaban J connectivity index is 1.56. The molecule has 0 radical (unpaired) electrons. The zero-order valence-corrected chi connectivity index (χ0v) is 14.3. The molecule has 0 amide bonds. The van der Waals surface area contributed by atoms with Crippen molar-refractivity contribution in [1.29, 1.82) is 0 Å². The smallest absolute Gasteiger partial charge is 0.177 e. The number of hydrogen-bond donors (Lipinski definition) is 0. The second-order valence-electron chi connectivity index (χ2n) is 7.95. The van der Waals surface area contributed by atoms with E-state index < -0.39 is 5.92 Å². The molecule has 1 aromatic rings. The molecule has 1 aromatic carbocycles. The minimum Gasteiger partial charge on any atom is -0.367 e. The molecule has 2 bridgehead atoms. The van der Waals surface area contributed by atoms with Crippen molar-refractivity contribution in [3.8, 4) is 0 Å². The van der Waals surface area contributed by atoms with Crippen molar-refractivity contribution in [3.05, 3.63) is 23.5 Å². The molecular formula is C19H22FN3O2. The van der Waals surface area contributed by atoms with Gasteiger partial charge in [0, 0.05) is 43.3 Å². The molecule has 1 unspecified atom stereocenters. The van der Waals surface area contributed by atoms with Gasteiger partial charge in [0.15, 0.2) is 5.78 Å². The summed E-state index contributed by atoms with van der Waals surface area (Å²) in [6.45, 7) is 2.23. The maximum absolute atomic E-state index is 14.9. The number of rotatable bonds is 3. The number of piperazine rings is 1. The molecular weight excluding hydrogens is 321 g/mol. The molecule has 132 valence electrons. The molecule has 3 heterocycles. The number of Topliss-reactive ketones (excluding diaryl/α,β-unsaturated/α-hetero) is 1. The van der Waals surface area contributed by atoms with Crippen LogP contribution in [0.4, 0.5) is 15.8 Å². The van der Waals surface area contributed by atoms with Gasteiger partial charge in [-0.1, -0.05) is 0 Å². The molecule has 3 aliphatic heterocycles. The van der Waals surface area contributed by atoms with Crippen LogP contribution in [0.3, 0.4) is 0 Å². The van der Waals surface area contributed by atoms with Crippen molar-refractivity contribution in [1.82, 2.24) is 4.90 Å². The van der Waals surface area contributed by atoms with Crippen LogP contribution in [0.15, 0.2) is 12.1 Å². The van der Waals surface area contributed by atoms with Crippen LogP contribution in [-0.2, 0) is 4.79 Å². The van der Waals surface area contributed by atoms with Crippen molar-refractivity contribution >= 4 is 23.4 Å². The standard InChI is InChI=1S/C19H22FN3O2/c1-21-8-14-4-13(21)9-23(14)18-6-17-15(5-16(18)20)19(25)11(10-24)7-22(17)12-2-3-12/h5-6,10-14H,2-4,7-9H2,1H3/t11?,13-,14-/m0/s1. The van der Waals surface area contributed by atoms with Gasteiger partial charge < -0.3 is 14.6 Å². The Labute approximate surface area is 146 Å². The zero-order chi connectivity index (χ0) is 17.3. The lowest BCUT2D eigenvalue weighted by Gasteiger charge is -2.37. The Morgan fingerprint density at radius 3 is 2.40 bits per heavy atom. The van der Waals surface area contributed by atoms with E-state index in [4.69, 9.17) is 0 Å². The van der Waals surface area contributed by atoms with Crippen LogP contribution >= 0.6 is 0 Å². The summed E-state index contributed by atoms with van der Waals surface area (Å²) in [4.78, 5) is 30.5. The van der Waals surface area contributed by atoms with Gasteiger partial charge in [-0.15, -0.1) is 0 Å². The molecule has 1 aliphatic carbocycles. The third-order valence-corrected chi connectivity index (χ3v) is 6.35. The maximum Gasteiger partial charge on any atom is 0.177 e. The summed E-state index contributed by atoms with van der Waals surface area (Å²) in [5, 5.41) is 0. The second-order valence-corrected chi connectivity index (χ2v) is 7.95. The number of halogens is 1. The fourth-order valence-electron chi connectivity index (χ4n) is 4.80. The Morgan fingerprint density at radius 2 is 1.80 bits per heavy atom. The normalized spacial score (nSPS) is 31.6. The molecule has 0 spiro atoms. The van der Waals surface area contributed by atoms with E-state index in [2.05, 4.69) is 21.7 Å². The number of carbonyl (C=O) groups excluding carboxylic acids is 2. The highest BCUT2D eigenvalue weighted by Crippen LogP contribution is 2.43. The van der Waals surface area contributed by atoms with E-state index in [-0.39, 0.29) is 11.6 Å². The summed E-state index contributed by atoms with van der Waals surface area (Å²) in [7, 11) is 2.12. The summed E-state index contributed by atoms with van der Waals surface area (Å²) in [6, 6.07) is 4.45. The van der Waals surface area contributed by atoms with Crippen molar-refractivity contribution < 1.29 is 14.0 Å². The largest absolute Gasteiger partial charge is 0.367 e. The predicted octanol–water partition coefficient (Wildman–Crippen LogP) is 1.70. The Hall–Kier alpha value is -1.95. The number of aldehydes is 1. The first-order valence-electron chi connectivity index (χ1n) is 9.13. The van der Waals surface area contributed by atoms with Gasteiger partial charge in [0.2, 0.25) is 0 Å². The highest BCUT2D eigenvalue weighted by atomic mass is 19.1.